The Morgan fingerprint density at radius 2 is 2.07 bits per heavy atom. The van der Waals surface area contributed by atoms with E-state index in [0.717, 1.165) is 12.8 Å². The lowest BCUT2D eigenvalue weighted by Crippen LogP contribution is -1.78. The monoisotopic (exact) mass is 192 g/mol. The lowest BCUT2D eigenvalue weighted by Gasteiger charge is -1.95. The molecule has 0 saturated heterocycles. The molecule has 0 bridgehead atoms. The van der Waals surface area contributed by atoms with Gasteiger partial charge in [0.25, 0.3) is 0 Å². The number of hydrogen-bond acceptors (Lipinski definition) is 3. The van der Waals surface area contributed by atoms with E-state index >= 15 is 0 Å². The summed E-state index contributed by atoms with van der Waals surface area (Å²) in [6.45, 7) is 2.17. The first-order chi connectivity index (χ1) is 6.85. The summed E-state index contributed by atoms with van der Waals surface area (Å²) in [6.07, 6.45) is 9.84. The first-order valence-corrected chi connectivity index (χ1v) is 5.03. The van der Waals surface area contributed by atoms with Crippen molar-refractivity contribution in [3.8, 4) is 6.07 Å². The standard InChI is InChI=1S/C11H16N2O/c1-2-3-4-5-6-7-8-11(9-12)13-10-14/h8H,2-7H2,1H3/b11-8-. The van der Waals surface area contributed by atoms with Crippen molar-refractivity contribution in [3.63, 3.8) is 0 Å². The van der Waals surface area contributed by atoms with Crippen LogP contribution in [0.15, 0.2) is 16.8 Å². The van der Waals surface area contributed by atoms with E-state index in [9.17, 15) is 4.79 Å². The van der Waals surface area contributed by atoms with Crippen LogP contribution in [-0.2, 0) is 4.79 Å². The topological polar surface area (TPSA) is 53.2 Å². The third-order valence-electron chi connectivity index (χ3n) is 1.93. The smallest absolute Gasteiger partial charge is 0.211 e. The van der Waals surface area contributed by atoms with E-state index < -0.39 is 0 Å². The van der Waals surface area contributed by atoms with Gasteiger partial charge in [-0.3, -0.25) is 0 Å². The predicted molar refractivity (Wildman–Crippen MR) is 55.2 cm³/mol. The Balaban J connectivity index is 3.59. The molecule has 0 N–H and O–H groups in total. The zero-order chi connectivity index (χ0) is 10.6. The second-order valence-corrected chi connectivity index (χ2v) is 3.11. The molecule has 0 aromatic heterocycles. The Bertz CT molecular complexity index is 257. The number of aliphatic imine (C=N–C) groups is 1. The van der Waals surface area contributed by atoms with Crippen LogP contribution >= 0.6 is 0 Å². The van der Waals surface area contributed by atoms with Crippen LogP contribution in [0.1, 0.15) is 45.4 Å². The third-order valence-corrected chi connectivity index (χ3v) is 1.93. The van der Waals surface area contributed by atoms with Crippen LogP contribution in [0.4, 0.5) is 0 Å². The number of allylic oxidation sites excluding steroid dienone is 2. The Morgan fingerprint density at radius 3 is 2.64 bits per heavy atom. The minimum atomic E-state index is 0.176. The third kappa shape index (κ3) is 7.27. The first-order valence-electron chi connectivity index (χ1n) is 5.03. The predicted octanol–water partition coefficient (Wildman–Crippen LogP) is 3.09. The van der Waals surface area contributed by atoms with Crippen molar-refractivity contribution in [1.82, 2.24) is 0 Å². The number of hydrogen-bond donors (Lipinski definition) is 0. The SMILES string of the molecule is CCCCCCC/C=C(/C#N)N=C=O. The molecule has 3 heteroatoms. The first kappa shape index (κ1) is 12.6. The van der Waals surface area contributed by atoms with Gasteiger partial charge >= 0.3 is 0 Å². The summed E-state index contributed by atoms with van der Waals surface area (Å²) < 4.78 is 0. The average Bonchev–Trinajstić information content (AvgIpc) is 2.21. The minimum absolute atomic E-state index is 0.176. The molecule has 0 aromatic carbocycles. The zero-order valence-electron chi connectivity index (χ0n) is 8.62. The molecule has 0 spiro atoms. The normalized spacial score (nSPS) is 10.4. The van der Waals surface area contributed by atoms with Crippen molar-refractivity contribution in [2.24, 2.45) is 4.99 Å². The van der Waals surface area contributed by atoms with Crippen molar-refractivity contribution >= 4 is 6.08 Å². The summed E-state index contributed by atoms with van der Waals surface area (Å²) in [7, 11) is 0. The molecule has 0 aromatic rings. The maximum atomic E-state index is 9.86. The fourth-order valence-corrected chi connectivity index (χ4v) is 1.15. The number of carbonyl (C=O) groups excluding carboxylic acids is 1. The molecular weight excluding hydrogens is 176 g/mol. The number of rotatable bonds is 7. The molecule has 0 atom stereocenters. The molecule has 14 heavy (non-hydrogen) atoms. The Morgan fingerprint density at radius 1 is 1.36 bits per heavy atom. The molecule has 0 radical (unpaired) electrons. The van der Waals surface area contributed by atoms with Crippen LogP contribution in [-0.4, -0.2) is 6.08 Å². The maximum Gasteiger partial charge on any atom is 0.241 e. The fourth-order valence-electron chi connectivity index (χ4n) is 1.15. The van der Waals surface area contributed by atoms with Gasteiger partial charge in [-0.25, -0.2) is 4.79 Å². The fraction of sp³-hybridized carbons (Fsp3) is 0.636. The van der Waals surface area contributed by atoms with Gasteiger partial charge in [0, 0.05) is 0 Å². The van der Waals surface area contributed by atoms with E-state index in [1.54, 1.807) is 6.08 Å². The quantitative estimate of drug-likeness (QED) is 0.269. The lowest BCUT2D eigenvalue weighted by molar-refractivity contribution is 0.565. The summed E-state index contributed by atoms with van der Waals surface area (Å²) in [5.41, 5.74) is 0.176. The molecular formula is C11H16N2O. The highest BCUT2D eigenvalue weighted by molar-refractivity contribution is 5.40. The van der Waals surface area contributed by atoms with E-state index in [4.69, 9.17) is 5.26 Å². The van der Waals surface area contributed by atoms with E-state index in [0.29, 0.717) is 0 Å². The highest BCUT2D eigenvalue weighted by atomic mass is 16.1. The molecule has 3 nitrogen and oxygen atoms in total. The number of isocyanates is 1. The van der Waals surface area contributed by atoms with Gasteiger partial charge in [-0.15, -0.1) is 0 Å². The molecule has 0 rings (SSSR count). The van der Waals surface area contributed by atoms with Gasteiger partial charge in [0.05, 0.1) is 0 Å². The van der Waals surface area contributed by atoms with Crippen molar-refractivity contribution in [2.45, 2.75) is 45.4 Å². The molecule has 0 saturated carbocycles. The van der Waals surface area contributed by atoms with Crippen LogP contribution in [0.2, 0.25) is 0 Å². The molecule has 76 valence electrons. The summed E-state index contributed by atoms with van der Waals surface area (Å²) in [6, 6.07) is 1.84. The number of nitrogens with zero attached hydrogens (tertiary/aromatic N) is 2. The van der Waals surface area contributed by atoms with Crippen molar-refractivity contribution in [2.75, 3.05) is 0 Å². The number of unbranched alkanes of at least 4 members (excludes halogenated alkanes) is 5. The largest absolute Gasteiger partial charge is 0.241 e. The second kappa shape index (κ2) is 9.70. The van der Waals surface area contributed by atoms with Gasteiger partial charge in [-0.05, 0) is 18.9 Å². The highest BCUT2D eigenvalue weighted by Gasteiger charge is 1.91. The van der Waals surface area contributed by atoms with Gasteiger partial charge in [-0.1, -0.05) is 32.6 Å². The maximum absolute atomic E-state index is 9.86. The average molecular weight is 192 g/mol. The Labute approximate surface area is 85.1 Å². The Kier molecular flexibility index (Phi) is 8.73. The van der Waals surface area contributed by atoms with Crippen LogP contribution in [0.25, 0.3) is 0 Å². The van der Waals surface area contributed by atoms with Crippen LogP contribution < -0.4 is 0 Å². The molecule has 0 aliphatic carbocycles. The van der Waals surface area contributed by atoms with Crippen molar-refractivity contribution in [1.29, 1.82) is 5.26 Å². The molecule has 0 aliphatic rings. The molecule has 0 aliphatic heterocycles. The van der Waals surface area contributed by atoms with Crippen LogP contribution in [0, 0.1) is 11.3 Å². The summed E-state index contributed by atoms with van der Waals surface area (Å²) in [5, 5.41) is 8.51. The van der Waals surface area contributed by atoms with Crippen molar-refractivity contribution in [3.05, 3.63) is 11.8 Å². The van der Waals surface area contributed by atoms with Gasteiger partial charge < -0.3 is 0 Å². The van der Waals surface area contributed by atoms with E-state index in [2.05, 4.69) is 11.9 Å². The van der Waals surface area contributed by atoms with Crippen LogP contribution in [0.3, 0.4) is 0 Å². The molecule has 0 heterocycles. The van der Waals surface area contributed by atoms with Crippen LogP contribution in [0.5, 0.6) is 0 Å². The van der Waals surface area contributed by atoms with Gasteiger partial charge in [-0.2, -0.15) is 10.3 Å². The summed E-state index contributed by atoms with van der Waals surface area (Å²) in [5.74, 6) is 0. The zero-order valence-corrected chi connectivity index (χ0v) is 8.62. The molecule has 0 unspecified atom stereocenters. The molecule has 0 amide bonds. The van der Waals surface area contributed by atoms with E-state index in [1.807, 2.05) is 6.07 Å². The van der Waals surface area contributed by atoms with E-state index in [1.165, 1.54) is 31.8 Å². The van der Waals surface area contributed by atoms with Crippen molar-refractivity contribution < 1.29 is 4.79 Å². The molecule has 0 fully saturated rings. The highest BCUT2D eigenvalue weighted by Crippen LogP contribution is 2.07. The van der Waals surface area contributed by atoms with E-state index in [-0.39, 0.29) is 5.70 Å². The lowest BCUT2D eigenvalue weighted by atomic mass is 10.1. The van der Waals surface area contributed by atoms with Gasteiger partial charge in [0.1, 0.15) is 11.8 Å². The number of nitriles is 1. The Hall–Kier alpha value is -1.39. The summed E-state index contributed by atoms with van der Waals surface area (Å²) >= 11 is 0. The minimum Gasteiger partial charge on any atom is -0.211 e. The van der Waals surface area contributed by atoms with Gasteiger partial charge in [0.15, 0.2) is 0 Å². The van der Waals surface area contributed by atoms with Gasteiger partial charge in [0.2, 0.25) is 6.08 Å². The second-order valence-electron chi connectivity index (χ2n) is 3.11. The summed E-state index contributed by atoms with van der Waals surface area (Å²) in [4.78, 5) is 13.1.